The van der Waals surface area contributed by atoms with E-state index in [2.05, 4.69) is 184 Å². The minimum absolute atomic E-state index is 0.0802. The number of carbonyl (C=O) groups excluding carboxylic acids is 2. The van der Waals surface area contributed by atoms with Gasteiger partial charge in [0, 0.05) is 12.8 Å². The van der Waals surface area contributed by atoms with Crippen molar-refractivity contribution in [2.75, 3.05) is 13.2 Å². The molecule has 5 nitrogen and oxygen atoms in total. The van der Waals surface area contributed by atoms with Crippen LogP contribution in [0.5, 0.6) is 0 Å². The average Bonchev–Trinajstić information content (AvgIpc) is 3.56. The monoisotopic (exact) mass is 1210 g/mol. The Balaban J connectivity index is 3.51. The second kappa shape index (κ2) is 76.5. The summed E-state index contributed by atoms with van der Waals surface area (Å²) >= 11 is 0. The topological polar surface area (TPSA) is 72.8 Å². The molecule has 0 spiro atoms. The van der Waals surface area contributed by atoms with E-state index in [0.29, 0.717) is 12.8 Å². The second-order valence-electron chi connectivity index (χ2n) is 23.9. The van der Waals surface area contributed by atoms with Crippen LogP contribution in [-0.2, 0) is 19.1 Å². The molecular weight excluding hydrogens is 1080 g/mol. The van der Waals surface area contributed by atoms with Crippen LogP contribution >= 0.6 is 0 Å². The molecule has 0 fully saturated rings. The first-order valence-electron chi connectivity index (χ1n) is 36.7. The van der Waals surface area contributed by atoms with Crippen LogP contribution in [0.4, 0.5) is 0 Å². The van der Waals surface area contributed by atoms with Gasteiger partial charge in [-0.05, 0) is 128 Å². The summed E-state index contributed by atoms with van der Waals surface area (Å²) in [5, 5.41) is 9.71. The molecule has 0 saturated carbocycles. The minimum atomic E-state index is -0.794. The summed E-state index contributed by atoms with van der Waals surface area (Å²) in [6.07, 6.45) is 118. The van der Waals surface area contributed by atoms with E-state index in [9.17, 15) is 14.7 Å². The smallest absolute Gasteiger partial charge is 0.306 e. The maximum atomic E-state index is 12.4. The van der Waals surface area contributed by atoms with Gasteiger partial charge in [-0.15, -0.1) is 0 Å². The molecule has 498 valence electrons. The molecule has 0 bridgehead atoms. The molecule has 0 aromatic heterocycles. The lowest BCUT2D eigenvalue weighted by Crippen LogP contribution is -2.28. The second-order valence-corrected chi connectivity index (χ2v) is 23.9. The third kappa shape index (κ3) is 73.7. The molecular formula is C83H136O5. The highest BCUT2D eigenvalue weighted by Crippen LogP contribution is 2.17. The van der Waals surface area contributed by atoms with Crippen LogP contribution in [0.25, 0.3) is 0 Å². The molecule has 0 aromatic carbocycles. The highest BCUT2D eigenvalue weighted by atomic mass is 16.6. The molecule has 5 heteroatoms. The van der Waals surface area contributed by atoms with Crippen LogP contribution in [0.1, 0.15) is 322 Å². The largest absolute Gasteiger partial charge is 0.462 e. The van der Waals surface area contributed by atoms with Crippen molar-refractivity contribution in [3.05, 3.63) is 170 Å². The van der Waals surface area contributed by atoms with E-state index >= 15 is 0 Å². The molecule has 0 heterocycles. The zero-order valence-electron chi connectivity index (χ0n) is 57.2. The quantitative estimate of drug-likeness (QED) is 0.0373. The molecule has 1 N–H and O–H groups in total. The molecule has 0 aliphatic rings. The first kappa shape index (κ1) is 83.3. The Hall–Kier alpha value is -4.74. The van der Waals surface area contributed by atoms with Gasteiger partial charge < -0.3 is 14.6 Å². The van der Waals surface area contributed by atoms with Crippen molar-refractivity contribution in [3.8, 4) is 0 Å². The van der Waals surface area contributed by atoms with Gasteiger partial charge in [0.15, 0.2) is 6.10 Å². The number of allylic oxidation sites excluding steroid dienone is 28. The van der Waals surface area contributed by atoms with Crippen molar-refractivity contribution in [2.24, 2.45) is 0 Å². The molecule has 1 atom stereocenters. The fraction of sp³-hybridized carbons (Fsp3) is 0.639. The lowest BCUT2D eigenvalue weighted by molar-refractivity contribution is -0.161. The Bertz CT molecular complexity index is 1910. The highest BCUT2D eigenvalue weighted by molar-refractivity contribution is 5.70. The standard InChI is InChI=1S/C83H136O5/c1-3-5-7-9-11-13-15-17-19-21-23-25-27-29-31-33-35-37-38-39-40-41-42-43-44-46-47-49-51-53-55-57-59-61-63-65-67-69-71-73-75-77-82(85)87-80-81(79-84)88-83(86)78-76-74-72-70-68-66-64-62-60-58-56-54-52-50-48-45-36-34-32-30-28-26-24-22-20-18-16-14-12-10-8-6-4-2/h5-8,11-14,17-20,23-26,29-32,36,45,50,52,56,58,62,64,81,84H,3-4,9-10,15-16,21-22,27-28,33-35,37-44,46-49,51,53-55,57,59-61,63,65-80H2,1-2H3/b7-5-,8-6-,13-11-,14-12-,19-17-,20-18-,25-23-,26-24-,31-29-,32-30-,45-36-,52-50-,58-56-,64-62-. The molecule has 0 amide bonds. The van der Waals surface area contributed by atoms with Crippen LogP contribution in [0.15, 0.2) is 170 Å². The Labute approximate surface area is 544 Å². The maximum absolute atomic E-state index is 12.4. The number of esters is 2. The molecule has 0 aliphatic carbocycles. The first-order valence-corrected chi connectivity index (χ1v) is 36.7. The summed E-state index contributed by atoms with van der Waals surface area (Å²) in [5.74, 6) is -0.611. The van der Waals surface area contributed by atoms with Gasteiger partial charge in [-0.2, -0.15) is 0 Å². The number of hydrogen-bond donors (Lipinski definition) is 1. The Morgan fingerprint density at radius 3 is 0.682 bits per heavy atom. The van der Waals surface area contributed by atoms with Crippen molar-refractivity contribution in [1.82, 2.24) is 0 Å². The highest BCUT2D eigenvalue weighted by Gasteiger charge is 2.16. The molecule has 1 unspecified atom stereocenters. The van der Waals surface area contributed by atoms with Crippen molar-refractivity contribution >= 4 is 11.9 Å². The SMILES string of the molecule is CC/C=C\C/C=C\C/C=C\C/C=C\C/C=C\C/C=C\C/C=C\C/C=C\C/C=C\CCCCCCCC(=O)OC(CO)COC(=O)CCCCCCCCCCCCCCCCCCCCCCCCCCC/C=C\C/C=C\C/C=C\C/C=C\C/C=C\CC. The number of carbonyl (C=O) groups is 2. The number of ether oxygens (including phenoxy) is 2. The third-order valence-corrected chi connectivity index (χ3v) is 15.5. The normalized spacial score (nSPS) is 13.3. The van der Waals surface area contributed by atoms with Crippen molar-refractivity contribution in [3.63, 3.8) is 0 Å². The van der Waals surface area contributed by atoms with Crippen LogP contribution in [0.2, 0.25) is 0 Å². The predicted molar refractivity (Wildman–Crippen MR) is 389 cm³/mol. The van der Waals surface area contributed by atoms with E-state index in [4.69, 9.17) is 9.47 Å². The van der Waals surface area contributed by atoms with E-state index in [1.165, 1.54) is 148 Å². The third-order valence-electron chi connectivity index (χ3n) is 15.5. The summed E-state index contributed by atoms with van der Waals surface area (Å²) in [4.78, 5) is 24.7. The van der Waals surface area contributed by atoms with E-state index < -0.39 is 6.10 Å². The first-order chi connectivity index (χ1) is 43.6. The van der Waals surface area contributed by atoms with Crippen LogP contribution in [0, 0.1) is 0 Å². The fourth-order valence-electron chi connectivity index (χ4n) is 10.1. The van der Waals surface area contributed by atoms with E-state index in [0.717, 1.165) is 148 Å². The van der Waals surface area contributed by atoms with Gasteiger partial charge in [-0.3, -0.25) is 9.59 Å². The number of aliphatic hydroxyl groups excluding tert-OH is 1. The lowest BCUT2D eigenvalue weighted by Gasteiger charge is -2.15. The van der Waals surface area contributed by atoms with E-state index in [1.807, 2.05) is 0 Å². The van der Waals surface area contributed by atoms with Gasteiger partial charge in [0.2, 0.25) is 0 Å². The fourth-order valence-corrected chi connectivity index (χ4v) is 10.1. The number of aliphatic hydroxyl groups is 1. The van der Waals surface area contributed by atoms with Crippen molar-refractivity contribution in [1.29, 1.82) is 0 Å². The zero-order valence-corrected chi connectivity index (χ0v) is 57.2. The number of unbranched alkanes of at least 4 members (excludes halogenated alkanes) is 30. The summed E-state index contributed by atoms with van der Waals surface area (Å²) in [6.45, 7) is 3.91. The predicted octanol–water partition coefficient (Wildman–Crippen LogP) is 26.0. The molecule has 0 aliphatic heterocycles. The average molecular weight is 1210 g/mol. The van der Waals surface area contributed by atoms with E-state index in [-0.39, 0.29) is 25.2 Å². The van der Waals surface area contributed by atoms with Gasteiger partial charge in [-0.25, -0.2) is 0 Å². The lowest BCUT2D eigenvalue weighted by atomic mass is 10.0. The zero-order chi connectivity index (χ0) is 63.3. The Morgan fingerprint density at radius 1 is 0.261 bits per heavy atom. The van der Waals surface area contributed by atoms with Crippen LogP contribution < -0.4 is 0 Å². The Kier molecular flexibility index (Phi) is 72.4. The number of rotatable bonds is 66. The van der Waals surface area contributed by atoms with E-state index in [1.54, 1.807) is 0 Å². The molecule has 0 rings (SSSR count). The van der Waals surface area contributed by atoms with Crippen LogP contribution in [0.3, 0.4) is 0 Å². The van der Waals surface area contributed by atoms with Gasteiger partial charge in [0.25, 0.3) is 0 Å². The summed E-state index contributed by atoms with van der Waals surface area (Å²) in [5.41, 5.74) is 0. The van der Waals surface area contributed by atoms with Crippen LogP contribution in [-0.4, -0.2) is 36.4 Å². The maximum Gasteiger partial charge on any atom is 0.306 e. The molecule has 88 heavy (non-hydrogen) atoms. The molecule has 0 aromatic rings. The summed E-state index contributed by atoms with van der Waals surface area (Å²) in [6, 6.07) is 0. The number of hydrogen-bond acceptors (Lipinski definition) is 5. The minimum Gasteiger partial charge on any atom is -0.462 e. The summed E-state index contributed by atoms with van der Waals surface area (Å²) < 4.78 is 10.7. The summed E-state index contributed by atoms with van der Waals surface area (Å²) in [7, 11) is 0. The van der Waals surface area contributed by atoms with Gasteiger partial charge in [0.1, 0.15) is 6.61 Å². The molecule has 0 saturated heterocycles. The van der Waals surface area contributed by atoms with Gasteiger partial charge in [0.05, 0.1) is 6.61 Å². The Morgan fingerprint density at radius 2 is 0.455 bits per heavy atom. The van der Waals surface area contributed by atoms with Crippen molar-refractivity contribution in [2.45, 2.75) is 328 Å². The molecule has 0 radical (unpaired) electrons. The van der Waals surface area contributed by atoms with Gasteiger partial charge >= 0.3 is 11.9 Å². The van der Waals surface area contributed by atoms with Gasteiger partial charge in [-0.1, -0.05) is 351 Å². The van der Waals surface area contributed by atoms with Crippen molar-refractivity contribution < 1.29 is 24.2 Å².